The molecule has 0 bridgehead atoms. The summed E-state index contributed by atoms with van der Waals surface area (Å²) in [5.74, 6) is 1.25. The minimum absolute atomic E-state index is 0.788. The third-order valence-corrected chi connectivity index (χ3v) is 5.12. The molecule has 1 aromatic rings. The molecule has 40 valence electrons. The molecule has 1 rings (SSSR count). The summed E-state index contributed by atoms with van der Waals surface area (Å²) in [6.45, 7) is 0. The van der Waals surface area contributed by atoms with E-state index in [4.69, 9.17) is 6.42 Å². The SMILES string of the molecule is C#Cc1cs[p+](=O)s1. The molecule has 1 heterocycles. The summed E-state index contributed by atoms with van der Waals surface area (Å²) in [6.07, 6.45) is 5.02. The van der Waals surface area contributed by atoms with E-state index in [-0.39, 0.29) is 0 Å². The first-order chi connectivity index (χ1) is 3.83. The van der Waals surface area contributed by atoms with Crippen molar-refractivity contribution >= 4 is 27.7 Å². The van der Waals surface area contributed by atoms with Gasteiger partial charge in [0.05, 0.1) is 5.38 Å². The molecule has 0 N–H and O–H groups in total. The molecule has 0 aromatic carbocycles. The van der Waals surface area contributed by atoms with E-state index in [0.29, 0.717) is 0 Å². The van der Waals surface area contributed by atoms with Gasteiger partial charge in [0.25, 0.3) is 0 Å². The summed E-state index contributed by atoms with van der Waals surface area (Å²) >= 11 is 0. The predicted molar refractivity (Wildman–Crippen MR) is 37.7 cm³/mol. The monoisotopic (exact) mass is 161 g/mol. The molecule has 0 saturated carbocycles. The molecule has 1 atom stereocenters. The lowest BCUT2D eigenvalue weighted by atomic mass is 10.6. The van der Waals surface area contributed by atoms with Crippen molar-refractivity contribution in [1.29, 1.82) is 0 Å². The standard InChI is InChI=1S/C4H2OPS2/c1-2-4-3-7-6(5)8-4/h1,3H/q+1. The van der Waals surface area contributed by atoms with Crippen molar-refractivity contribution in [2.45, 2.75) is 0 Å². The molecule has 0 radical (unpaired) electrons. The van der Waals surface area contributed by atoms with Crippen LogP contribution in [0.1, 0.15) is 4.88 Å². The zero-order valence-electron chi connectivity index (χ0n) is 3.83. The maximum absolute atomic E-state index is 10.5. The smallest absolute Gasteiger partial charge is 0.114 e. The second-order valence-corrected chi connectivity index (χ2v) is 6.43. The van der Waals surface area contributed by atoms with Gasteiger partial charge in [-0.25, -0.2) is 0 Å². The van der Waals surface area contributed by atoms with Crippen molar-refractivity contribution in [3.05, 3.63) is 10.3 Å². The fourth-order valence-corrected chi connectivity index (χ4v) is 4.54. The third-order valence-electron chi connectivity index (χ3n) is 0.561. The number of rotatable bonds is 0. The van der Waals surface area contributed by atoms with Crippen LogP contribution in [0.15, 0.2) is 5.38 Å². The summed E-state index contributed by atoms with van der Waals surface area (Å²) in [7, 11) is 2.56. The second kappa shape index (κ2) is 2.41. The molecule has 0 amide bonds. The Bertz CT molecular complexity index is 266. The Balaban J connectivity index is 3.25. The van der Waals surface area contributed by atoms with Crippen molar-refractivity contribution in [2.75, 3.05) is 0 Å². The molecule has 0 aliphatic heterocycles. The lowest BCUT2D eigenvalue weighted by Crippen LogP contribution is -1.48. The van der Waals surface area contributed by atoms with Crippen LogP contribution in [0.25, 0.3) is 0 Å². The van der Waals surface area contributed by atoms with Crippen LogP contribution in [0.3, 0.4) is 0 Å². The lowest BCUT2D eigenvalue weighted by molar-refractivity contribution is 0.604. The molecule has 0 saturated heterocycles. The van der Waals surface area contributed by atoms with Gasteiger partial charge in [-0.2, -0.15) is 0 Å². The molecule has 0 aliphatic carbocycles. The average Bonchev–Trinajstić information content (AvgIpc) is 2.14. The van der Waals surface area contributed by atoms with Gasteiger partial charge in [0.15, 0.2) is 0 Å². The Labute approximate surface area is 55.2 Å². The Morgan fingerprint density at radius 3 is 2.88 bits per heavy atom. The first-order valence-corrected chi connectivity index (χ1v) is 5.98. The van der Waals surface area contributed by atoms with Crippen LogP contribution in [0, 0.1) is 12.3 Å². The van der Waals surface area contributed by atoms with Gasteiger partial charge in [-0.05, 0) is 4.57 Å². The fourth-order valence-electron chi connectivity index (χ4n) is 0.275. The number of hydrogen-bond donors (Lipinski definition) is 0. The minimum Gasteiger partial charge on any atom is -0.114 e. The summed E-state index contributed by atoms with van der Waals surface area (Å²) in [5.41, 5.74) is 0. The number of hydrogen-bond acceptors (Lipinski definition) is 3. The van der Waals surface area contributed by atoms with E-state index >= 15 is 0 Å². The summed E-state index contributed by atoms with van der Waals surface area (Å²) in [4.78, 5) is 0.788. The van der Waals surface area contributed by atoms with Crippen LogP contribution in [-0.4, -0.2) is 0 Å². The van der Waals surface area contributed by atoms with Crippen molar-refractivity contribution in [2.24, 2.45) is 0 Å². The van der Waals surface area contributed by atoms with Crippen molar-refractivity contribution in [1.82, 2.24) is 0 Å². The van der Waals surface area contributed by atoms with Crippen molar-refractivity contribution < 1.29 is 4.57 Å². The molecule has 0 fully saturated rings. The summed E-state index contributed by atoms with van der Waals surface area (Å²) in [6, 6.07) is 0. The van der Waals surface area contributed by atoms with Crippen LogP contribution in [-0.2, 0) is 4.57 Å². The quantitative estimate of drug-likeness (QED) is 0.534. The van der Waals surface area contributed by atoms with Crippen LogP contribution in [0.4, 0.5) is 0 Å². The van der Waals surface area contributed by atoms with E-state index < -0.39 is 5.77 Å². The molecule has 1 nitrogen and oxygen atoms in total. The maximum Gasteiger partial charge on any atom is 0.537 e. The van der Waals surface area contributed by atoms with Gasteiger partial charge in [0.2, 0.25) is 0 Å². The highest BCUT2D eigenvalue weighted by Gasteiger charge is 2.03. The molecule has 0 aliphatic rings. The Hall–Kier alpha value is -0.160. The van der Waals surface area contributed by atoms with E-state index in [1.54, 1.807) is 5.38 Å². The number of terminal acetylenes is 1. The van der Waals surface area contributed by atoms with Crippen LogP contribution < -0.4 is 0 Å². The van der Waals surface area contributed by atoms with Gasteiger partial charge in [-0.3, -0.25) is 0 Å². The second-order valence-electron chi connectivity index (χ2n) is 1.05. The van der Waals surface area contributed by atoms with Gasteiger partial charge in [-0.15, -0.1) is 6.42 Å². The van der Waals surface area contributed by atoms with E-state index in [9.17, 15) is 4.57 Å². The van der Waals surface area contributed by atoms with Crippen LogP contribution in [0.2, 0.25) is 0 Å². The van der Waals surface area contributed by atoms with E-state index in [1.165, 1.54) is 21.9 Å². The molecule has 1 unspecified atom stereocenters. The van der Waals surface area contributed by atoms with Crippen molar-refractivity contribution in [3.63, 3.8) is 0 Å². The third kappa shape index (κ3) is 1.16. The summed E-state index contributed by atoms with van der Waals surface area (Å²) < 4.78 is 10.5. The molecular weight excluding hydrogens is 159 g/mol. The molecule has 1 aromatic heterocycles. The first kappa shape index (κ1) is 5.97. The zero-order chi connectivity index (χ0) is 5.98. The average molecular weight is 161 g/mol. The topological polar surface area (TPSA) is 17.1 Å². The minimum atomic E-state index is -1.16. The highest BCUT2D eigenvalue weighted by Crippen LogP contribution is 2.31. The Kier molecular flexibility index (Phi) is 1.80. The fraction of sp³-hybridized carbons (Fsp3) is 0. The summed E-state index contributed by atoms with van der Waals surface area (Å²) in [5, 5.41) is 1.75. The Morgan fingerprint density at radius 1 is 1.88 bits per heavy atom. The maximum atomic E-state index is 10.5. The highest BCUT2D eigenvalue weighted by atomic mass is 32.8. The Morgan fingerprint density at radius 2 is 2.62 bits per heavy atom. The van der Waals surface area contributed by atoms with Crippen LogP contribution in [0.5, 0.6) is 0 Å². The first-order valence-electron chi connectivity index (χ1n) is 1.81. The predicted octanol–water partition coefficient (Wildman–Crippen LogP) is 2.53. The van der Waals surface area contributed by atoms with Gasteiger partial charge < -0.3 is 0 Å². The van der Waals surface area contributed by atoms with E-state index in [2.05, 4.69) is 5.92 Å². The van der Waals surface area contributed by atoms with E-state index in [0.717, 1.165) is 4.88 Å². The largest absolute Gasteiger partial charge is 0.537 e. The van der Waals surface area contributed by atoms with Crippen molar-refractivity contribution in [3.8, 4) is 12.3 Å². The zero-order valence-corrected chi connectivity index (χ0v) is 6.35. The molecule has 0 spiro atoms. The highest BCUT2D eigenvalue weighted by molar-refractivity contribution is 8.09. The van der Waals surface area contributed by atoms with Gasteiger partial charge in [0.1, 0.15) is 26.8 Å². The normalized spacial score (nSPS) is 10.6. The molecular formula is C4H2OPS2+. The lowest BCUT2D eigenvalue weighted by Gasteiger charge is -1.58. The van der Waals surface area contributed by atoms with Gasteiger partial charge in [-0.1, -0.05) is 5.92 Å². The molecule has 4 heteroatoms. The van der Waals surface area contributed by atoms with Crippen LogP contribution >= 0.6 is 27.7 Å². The van der Waals surface area contributed by atoms with Gasteiger partial charge >= 0.3 is 5.77 Å². The van der Waals surface area contributed by atoms with Gasteiger partial charge in [0, 0.05) is 0 Å². The van der Waals surface area contributed by atoms with E-state index in [1.807, 2.05) is 0 Å². The molecule has 8 heavy (non-hydrogen) atoms.